The van der Waals surface area contributed by atoms with Crippen LogP contribution in [0.1, 0.15) is 41.7 Å². The first-order chi connectivity index (χ1) is 10.8. The van der Waals surface area contributed by atoms with Crippen LogP contribution >= 0.6 is 0 Å². The standard InChI is InChI=1S/C16H17F3N2O2/c1-21-7-6-11(14-9-15(22)20-23-14)8-13(21)10-2-4-12(5-3-10)16(17,18)19/h2-5,9,11,13H,6-8H2,1H3,(H,20,22)/t11-,13-/m0/s1. The van der Waals surface area contributed by atoms with E-state index in [2.05, 4.69) is 10.1 Å². The van der Waals surface area contributed by atoms with E-state index in [4.69, 9.17) is 4.52 Å². The third-order valence-electron chi connectivity index (χ3n) is 4.44. The van der Waals surface area contributed by atoms with Crippen molar-refractivity contribution in [3.8, 4) is 0 Å². The number of hydrogen-bond acceptors (Lipinski definition) is 3. The Hall–Kier alpha value is -2.02. The Balaban J connectivity index is 1.81. The summed E-state index contributed by atoms with van der Waals surface area (Å²) in [6.45, 7) is 0.783. The smallest absolute Gasteiger partial charge is 0.383 e. The van der Waals surface area contributed by atoms with Gasteiger partial charge in [0.2, 0.25) is 0 Å². The lowest BCUT2D eigenvalue weighted by molar-refractivity contribution is -0.137. The molecule has 1 N–H and O–H groups in total. The Kier molecular flexibility index (Phi) is 4.06. The number of H-pyrrole nitrogens is 1. The molecule has 0 radical (unpaired) electrons. The van der Waals surface area contributed by atoms with E-state index in [1.165, 1.54) is 18.2 Å². The van der Waals surface area contributed by atoms with Crippen molar-refractivity contribution in [1.82, 2.24) is 10.1 Å². The summed E-state index contributed by atoms with van der Waals surface area (Å²) in [5, 5.41) is 2.29. The van der Waals surface area contributed by atoms with Crippen molar-refractivity contribution in [3.05, 3.63) is 57.6 Å². The summed E-state index contributed by atoms with van der Waals surface area (Å²) >= 11 is 0. The minimum atomic E-state index is -4.33. The van der Waals surface area contributed by atoms with Crippen molar-refractivity contribution >= 4 is 0 Å². The minimum absolute atomic E-state index is 0.00349. The van der Waals surface area contributed by atoms with Crippen molar-refractivity contribution < 1.29 is 17.7 Å². The first-order valence-corrected chi connectivity index (χ1v) is 7.40. The lowest BCUT2D eigenvalue weighted by Gasteiger charge is -2.36. The van der Waals surface area contributed by atoms with Crippen LogP contribution in [-0.4, -0.2) is 23.6 Å². The Bertz CT molecular complexity index is 718. The number of benzene rings is 1. The molecule has 4 nitrogen and oxygen atoms in total. The van der Waals surface area contributed by atoms with Crippen LogP contribution in [0, 0.1) is 0 Å². The molecule has 1 saturated heterocycles. The molecule has 3 rings (SSSR count). The minimum Gasteiger partial charge on any atom is -0.383 e. The van der Waals surface area contributed by atoms with Gasteiger partial charge >= 0.3 is 6.18 Å². The highest BCUT2D eigenvalue weighted by molar-refractivity contribution is 5.27. The summed E-state index contributed by atoms with van der Waals surface area (Å²) in [6.07, 6.45) is -2.79. The largest absolute Gasteiger partial charge is 0.416 e. The van der Waals surface area contributed by atoms with Gasteiger partial charge in [-0.1, -0.05) is 12.1 Å². The second-order valence-corrected chi connectivity index (χ2v) is 5.95. The molecule has 0 saturated carbocycles. The van der Waals surface area contributed by atoms with Crippen molar-refractivity contribution in [2.24, 2.45) is 0 Å². The number of halogens is 3. The number of aromatic nitrogens is 1. The molecule has 2 aromatic rings. The molecular weight excluding hydrogens is 309 g/mol. The van der Waals surface area contributed by atoms with Crippen LogP contribution in [-0.2, 0) is 6.18 Å². The number of hydrogen-bond donors (Lipinski definition) is 1. The van der Waals surface area contributed by atoms with Gasteiger partial charge in [-0.05, 0) is 44.1 Å². The van der Waals surface area contributed by atoms with E-state index in [1.54, 1.807) is 0 Å². The average Bonchev–Trinajstić information content (AvgIpc) is 2.94. The predicted octanol–water partition coefficient (Wildman–Crippen LogP) is 3.54. The number of nitrogens with one attached hydrogen (secondary N) is 1. The molecule has 0 bridgehead atoms. The summed E-state index contributed by atoms with van der Waals surface area (Å²) in [4.78, 5) is 13.3. The van der Waals surface area contributed by atoms with Gasteiger partial charge in [-0.15, -0.1) is 0 Å². The number of alkyl halides is 3. The molecule has 124 valence electrons. The number of nitrogens with zero attached hydrogens (tertiary/aromatic N) is 1. The molecule has 0 aliphatic carbocycles. The van der Waals surface area contributed by atoms with Gasteiger partial charge in [-0.25, -0.2) is 0 Å². The van der Waals surface area contributed by atoms with Crippen LogP contribution in [0.2, 0.25) is 0 Å². The highest BCUT2D eigenvalue weighted by Gasteiger charge is 2.32. The predicted molar refractivity (Wildman–Crippen MR) is 78.1 cm³/mol. The fourth-order valence-corrected chi connectivity index (χ4v) is 3.12. The van der Waals surface area contributed by atoms with E-state index in [-0.39, 0.29) is 17.5 Å². The fourth-order valence-electron chi connectivity index (χ4n) is 3.12. The van der Waals surface area contributed by atoms with Crippen molar-refractivity contribution in [3.63, 3.8) is 0 Å². The molecule has 0 unspecified atom stereocenters. The van der Waals surface area contributed by atoms with Crippen molar-refractivity contribution in [1.29, 1.82) is 0 Å². The quantitative estimate of drug-likeness (QED) is 0.918. The normalized spacial score (nSPS) is 23.1. The van der Waals surface area contributed by atoms with Crippen LogP contribution in [0.5, 0.6) is 0 Å². The maximum atomic E-state index is 12.7. The van der Waals surface area contributed by atoms with Gasteiger partial charge in [0.05, 0.1) is 5.56 Å². The van der Waals surface area contributed by atoms with Crippen molar-refractivity contribution in [2.45, 2.75) is 31.0 Å². The zero-order chi connectivity index (χ0) is 16.6. The van der Waals surface area contributed by atoms with Gasteiger partial charge < -0.3 is 4.52 Å². The molecule has 1 aromatic heterocycles. The van der Waals surface area contributed by atoms with Crippen LogP contribution < -0.4 is 5.56 Å². The van der Waals surface area contributed by atoms with Gasteiger partial charge in [0.25, 0.3) is 5.56 Å². The van der Waals surface area contributed by atoms with E-state index in [0.29, 0.717) is 12.2 Å². The molecule has 2 atom stereocenters. The second kappa shape index (κ2) is 5.88. The highest BCUT2D eigenvalue weighted by atomic mass is 19.4. The van der Waals surface area contributed by atoms with Gasteiger partial charge in [-0.3, -0.25) is 9.69 Å². The fraction of sp³-hybridized carbons (Fsp3) is 0.438. The van der Waals surface area contributed by atoms with E-state index >= 15 is 0 Å². The Morgan fingerprint density at radius 3 is 2.52 bits per heavy atom. The Morgan fingerprint density at radius 1 is 1.26 bits per heavy atom. The second-order valence-electron chi connectivity index (χ2n) is 5.95. The highest BCUT2D eigenvalue weighted by Crippen LogP contribution is 2.39. The molecule has 0 amide bonds. The van der Waals surface area contributed by atoms with E-state index in [1.807, 2.05) is 7.05 Å². The molecule has 1 aliphatic rings. The lowest BCUT2D eigenvalue weighted by Crippen LogP contribution is -2.33. The first-order valence-electron chi connectivity index (χ1n) is 7.40. The SMILES string of the molecule is CN1CC[C@H](c2cc(=O)[nH]o2)C[C@H]1c1ccc(C(F)(F)F)cc1. The molecular formula is C16H17F3N2O2. The summed E-state index contributed by atoms with van der Waals surface area (Å²) in [5.41, 5.74) is -0.0824. The monoisotopic (exact) mass is 326 g/mol. The Morgan fingerprint density at radius 2 is 1.96 bits per heavy atom. The zero-order valence-electron chi connectivity index (χ0n) is 12.6. The van der Waals surface area contributed by atoms with E-state index in [0.717, 1.165) is 30.7 Å². The topological polar surface area (TPSA) is 49.2 Å². The Labute approximate surface area is 130 Å². The summed E-state index contributed by atoms with van der Waals surface area (Å²) in [5.74, 6) is 0.692. The summed E-state index contributed by atoms with van der Waals surface area (Å²) in [6, 6.07) is 6.72. The van der Waals surface area contributed by atoms with Gasteiger partial charge in [0, 0.05) is 18.0 Å². The number of likely N-dealkylation sites (tertiary alicyclic amines) is 1. The van der Waals surface area contributed by atoms with Crippen LogP contribution in [0.25, 0.3) is 0 Å². The molecule has 1 fully saturated rings. The van der Waals surface area contributed by atoms with Gasteiger partial charge in [0.15, 0.2) is 0 Å². The number of rotatable bonds is 2. The maximum Gasteiger partial charge on any atom is 0.416 e. The zero-order valence-corrected chi connectivity index (χ0v) is 12.6. The molecule has 7 heteroatoms. The molecule has 2 heterocycles. The first kappa shape index (κ1) is 15.9. The maximum absolute atomic E-state index is 12.7. The van der Waals surface area contributed by atoms with Gasteiger partial charge in [0.1, 0.15) is 5.76 Å². The van der Waals surface area contributed by atoms with Crippen molar-refractivity contribution in [2.75, 3.05) is 13.6 Å². The molecule has 1 aliphatic heterocycles. The van der Waals surface area contributed by atoms with E-state index in [9.17, 15) is 18.0 Å². The molecule has 0 spiro atoms. The third-order valence-corrected chi connectivity index (χ3v) is 4.44. The van der Waals surface area contributed by atoms with Crippen LogP contribution in [0.4, 0.5) is 13.2 Å². The summed E-state index contributed by atoms with van der Waals surface area (Å²) in [7, 11) is 1.95. The number of piperidine rings is 1. The lowest BCUT2D eigenvalue weighted by atomic mass is 9.86. The van der Waals surface area contributed by atoms with Crippen LogP contribution in [0.3, 0.4) is 0 Å². The molecule has 1 aromatic carbocycles. The van der Waals surface area contributed by atoms with Gasteiger partial charge in [-0.2, -0.15) is 18.3 Å². The third kappa shape index (κ3) is 3.34. The number of aromatic amines is 1. The molecule has 23 heavy (non-hydrogen) atoms. The average molecular weight is 326 g/mol. The van der Waals surface area contributed by atoms with Crippen LogP contribution in [0.15, 0.2) is 39.6 Å². The van der Waals surface area contributed by atoms with E-state index < -0.39 is 11.7 Å². The summed E-state index contributed by atoms with van der Waals surface area (Å²) < 4.78 is 43.2.